The molecule has 2 aliphatic rings. The third-order valence-electron chi connectivity index (χ3n) is 5.71. The van der Waals surface area contributed by atoms with Gasteiger partial charge in [0.05, 0.1) is 12.2 Å². The van der Waals surface area contributed by atoms with Crippen LogP contribution in [0.2, 0.25) is 0 Å². The van der Waals surface area contributed by atoms with E-state index in [1.165, 1.54) is 23.8 Å². The number of likely N-dealkylation sites (tertiary alicyclic amines) is 1. The van der Waals surface area contributed by atoms with E-state index >= 15 is 0 Å². The summed E-state index contributed by atoms with van der Waals surface area (Å²) in [5.41, 5.74) is 1.60. The van der Waals surface area contributed by atoms with E-state index in [4.69, 9.17) is 4.74 Å². The Kier molecular flexibility index (Phi) is 7.05. The van der Waals surface area contributed by atoms with E-state index in [9.17, 15) is 14.9 Å². The molecule has 1 N–H and O–H groups in total. The molecule has 2 aromatic rings. The number of fused-ring (bicyclic) bond motifs is 1. The van der Waals surface area contributed by atoms with Crippen molar-refractivity contribution in [1.82, 2.24) is 4.90 Å². The van der Waals surface area contributed by atoms with E-state index in [2.05, 4.69) is 11.4 Å². The zero-order valence-electron chi connectivity index (χ0n) is 17.3. The Morgan fingerprint density at radius 1 is 1.32 bits per heavy atom. The van der Waals surface area contributed by atoms with Crippen LogP contribution in [0.25, 0.3) is 6.08 Å². The molecule has 4 rings (SSSR count). The van der Waals surface area contributed by atoms with Crippen molar-refractivity contribution in [3.63, 3.8) is 0 Å². The summed E-state index contributed by atoms with van der Waals surface area (Å²) >= 11 is 3.03. The molecule has 0 aromatic carbocycles. The van der Waals surface area contributed by atoms with Gasteiger partial charge in [0, 0.05) is 28.9 Å². The van der Waals surface area contributed by atoms with E-state index in [1.54, 1.807) is 22.3 Å². The molecule has 0 radical (unpaired) electrons. The topological polar surface area (TPSA) is 82.4 Å². The highest BCUT2D eigenvalue weighted by molar-refractivity contribution is 7.16. The highest BCUT2D eigenvalue weighted by atomic mass is 32.1. The molecule has 1 unspecified atom stereocenters. The molecule has 0 spiro atoms. The van der Waals surface area contributed by atoms with Crippen LogP contribution in [0.5, 0.6) is 0 Å². The van der Waals surface area contributed by atoms with Crippen molar-refractivity contribution in [2.75, 3.05) is 25.0 Å². The second-order valence-electron chi connectivity index (χ2n) is 7.89. The lowest BCUT2D eigenvalue weighted by Gasteiger charge is -2.27. The first-order chi connectivity index (χ1) is 15.1. The molecule has 0 saturated carbocycles. The van der Waals surface area contributed by atoms with Crippen molar-refractivity contribution < 1.29 is 14.3 Å². The van der Waals surface area contributed by atoms with Crippen molar-refractivity contribution in [2.45, 2.75) is 38.5 Å². The summed E-state index contributed by atoms with van der Waals surface area (Å²) < 4.78 is 5.58. The summed E-state index contributed by atoms with van der Waals surface area (Å²) in [5, 5.41) is 15.1. The average molecular weight is 456 g/mol. The number of nitrogens with one attached hydrogen (secondary N) is 1. The number of nitrogens with zero attached hydrogens (tertiary/aromatic N) is 2. The number of hydrogen-bond acceptors (Lipinski definition) is 6. The van der Waals surface area contributed by atoms with Gasteiger partial charge in [0.15, 0.2) is 0 Å². The number of rotatable bonds is 5. The Bertz CT molecular complexity index is 998. The molecule has 2 aromatic heterocycles. The number of piperidine rings is 1. The Morgan fingerprint density at radius 2 is 2.16 bits per heavy atom. The summed E-state index contributed by atoms with van der Waals surface area (Å²) in [6, 6.07) is 6.14. The van der Waals surface area contributed by atoms with E-state index < -0.39 is 0 Å². The molecule has 31 heavy (non-hydrogen) atoms. The molecule has 1 aliphatic carbocycles. The Morgan fingerprint density at radius 3 is 2.90 bits per heavy atom. The van der Waals surface area contributed by atoms with Crippen LogP contribution in [0.1, 0.15) is 46.6 Å². The highest BCUT2D eigenvalue weighted by Crippen LogP contribution is 2.39. The van der Waals surface area contributed by atoms with Gasteiger partial charge >= 0.3 is 6.09 Å². The van der Waals surface area contributed by atoms with E-state index in [0.717, 1.165) is 60.5 Å². The zero-order valence-corrected chi connectivity index (χ0v) is 18.9. The smallest absolute Gasteiger partial charge is 0.409 e. The standard InChI is InChI=1S/C23H25N3O3S2/c24-14-19-18-8-6-16(15-29-23(28)26-10-2-1-3-11-26)13-20(18)31-22(19)25-21(27)9-7-17-5-4-12-30-17/h4-5,7,9,12,16H,1-3,6,8,10-11,13,15H2,(H,25,27)/b9-7+. The number of nitriles is 1. The van der Waals surface area contributed by atoms with Gasteiger partial charge in [-0.05, 0) is 67.5 Å². The number of carbonyl (C=O) groups is 2. The molecule has 6 nitrogen and oxygen atoms in total. The van der Waals surface area contributed by atoms with Crippen molar-refractivity contribution in [3.05, 3.63) is 44.5 Å². The fourth-order valence-electron chi connectivity index (χ4n) is 4.06. The van der Waals surface area contributed by atoms with Gasteiger partial charge < -0.3 is 15.0 Å². The summed E-state index contributed by atoms with van der Waals surface area (Å²) in [4.78, 5) is 28.5. The van der Waals surface area contributed by atoms with Gasteiger partial charge in [0.25, 0.3) is 0 Å². The van der Waals surface area contributed by atoms with E-state index in [1.807, 2.05) is 17.5 Å². The van der Waals surface area contributed by atoms with Gasteiger partial charge in [0.2, 0.25) is 5.91 Å². The number of anilines is 1. The van der Waals surface area contributed by atoms with Crippen molar-refractivity contribution in [1.29, 1.82) is 5.26 Å². The number of carbonyl (C=O) groups excluding carboxylic acids is 2. The summed E-state index contributed by atoms with van der Waals surface area (Å²) in [6.07, 6.45) is 8.73. The third-order valence-corrected chi connectivity index (χ3v) is 7.72. The van der Waals surface area contributed by atoms with Crippen LogP contribution in [-0.2, 0) is 22.4 Å². The van der Waals surface area contributed by atoms with Crippen LogP contribution < -0.4 is 5.32 Å². The highest BCUT2D eigenvalue weighted by Gasteiger charge is 2.28. The van der Waals surface area contributed by atoms with Crippen LogP contribution in [0.15, 0.2) is 23.6 Å². The maximum atomic E-state index is 12.3. The quantitative estimate of drug-likeness (QED) is 0.639. The zero-order chi connectivity index (χ0) is 21.6. The Hall–Kier alpha value is -2.63. The van der Waals surface area contributed by atoms with E-state index in [0.29, 0.717) is 17.2 Å². The molecular weight excluding hydrogens is 430 g/mol. The van der Waals surface area contributed by atoms with Gasteiger partial charge in [-0.25, -0.2) is 4.79 Å². The molecule has 1 fully saturated rings. The van der Waals surface area contributed by atoms with Crippen LogP contribution in [0.4, 0.5) is 9.80 Å². The molecule has 2 amide bonds. The lowest BCUT2D eigenvalue weighted by molar-refractivity contribution is -0.111. The largest absolute Gasteiger partial charge is 0.449 e. The normalized spacial score (nSPS) is 18.4. The third kappa shape index (κ3) is 5.35. The van der Waals surface area contributed by atoms with Gasteiger partial charge in [0.1, 0.15) is 11.1 Å². The summed E-state index contributed by atoms with van der Waals surface area (Å²) in [5.74, 6) is 0.00391. The number of thiophene rings is 2. The van der Waals surface area contributed by atoms with Gasteiger partial charge in [-0.2, -0.15) is 5.26 Å². The second kappa shape index (κ2) is 10.1. The first-order valence-electron chi connectivity index (χ1n) is 10.6. The van der Waals surface area contributed by atoms with Crippen molar-refractivity contribution in [2.24, 2.45) is 5.92 Å². The fraction of sp³-hybridized carbons (Fsp3) is 0.435. The number of hydrogen-bond donors (Lipinski definition) is 1. The maximum Gasteiger partial charge on any atom is 0.409 e. The predicted octanol–water partition coefficient (Wildman–Crippen LogP) is 5.06. The summed E-state index contributed by atoms with van der Waals surface area (Å²) in [6.45, 7) is 1.97. The minimum absolute atomic E-state index is 0.208. The average Bonchev–Trinajstić information content (AvgIpc) is 3.43. The number of amides is 2. The first-order valence-corrected chi connectivity index (χ1v) is 12.3. The minimum atomic E-state index is -0.240. The minimum Gasteiger partial charge on any atom is -0.449 e. The molecule has 1 aliphatic heterocycles. The van der Waals surface area contributed by atoms with Crippen molar-refractivity contribution >= 4 is 45.8 Å². The molecule has 162 valence electrons. The van der Waals surface area contributed by atoms with E-state index in [-0.39, 0.29) is 17.9 Å². The van der Waals surface area contributed by atoms with Gasteiger partial charge in [-0.1, -0.05) is 6.07 Å². The molecule has 3 heterocycles. The molecular formula is C23H25N3O3S2. The second-order valence-corrected chi connectivity index (χ2v) is 9.98. The maximum absolute atomic E-state index is 12.3. The number of ether oxygens (including phenoxy) is 1. The fourth-order valence-corrected chi connectivity index (χ4v) is 5.99. The molecule has 1 atom stereocenters. The molecule has 8 heteroatoms. The van der Waals surface area contributed by atoms with Crippen LogP contribution in [0.3, 0.4) is 0 Å². The van der Waals surface area contributed by atoms with Crippen molar-refractivity contribution in [3.8, 4) is 6.07 Å². The van der Waals surface area contributed by atoms with Gasteiger partial charge in [-0.15, -0.1) is 22.7 Å². The lowest BCUT2D eigenvalue weighted by atomic mass is 9.88. The lowest BCUT2D eigenvalue weighted by Crippen LogP contribution is -2.37. The Balaban J connectivity index is 1.36. The molecule has 0 bridgehead atoms. The monoisotopic (exact) mass is 455 g/mol. The first kappa shape index (κ1) is 21.6. The van der Waals surface area contributed by atoms with Gasteiger partial charge in [-0.3, -0.25) is 4.79 Å². The Labute approximate surface area is 190 Å². The van der Waals surface area contributed by atoms with Crippen LogP contribution in [-0.4, -0.2) is 36.6 Å². The predicted molar refractivity (Wildman–Crippen MR) is 123 cm³/mol. The van der Waals surface area contributed by atoms with Crippen LogP contribution >= 0.6 is 22.7 Å². The summed E-state index contributed by atoms with van der Waals surface area (Å²) in [7, 11) is 0. The molecule has 1 saturated heterocycles. The van der Waals surface area contributed by atoms with Crippen LogP contribution in [0, 0.1) is 17.2 Å². The SMILES string of the molecule is N#Cc1c(NC(=O)/C=C/c2cccs2)sc2c1CCC(COC(=O)N1CCCCC1)C2.